The molecule has 1 heteroatoms. The van der Waals surface area contributed by atoms with Gasteiger partial charge in [0.15, 0.2) is 0 Å². The highest BCUT2D eigenvalue weighted by atomic mass is 16.3. The predicted octanol–water partition coefficient (Wildman–Crippen LogP) is 11.5. The second-order valence-corrected chi connectivity index (χ2v) is 10.6. The van der Waals surface area contributed by atoms with Crippen molar-refractivity contribution in [3.05, 3.63) is 145 Å². The quantitative estimate of drug-likeness (QED) is 0.205. The van der Waals surface area contributed by atoms with Crippen LogP contribution in [0.1, 0.15) is 5.48 Å². The van der Waals surface area contributed by atoms with E-state index < -0.39 is 0 Å². The zero-order valence-corrected chi connectivity index (χ0v) is 22.0. The van der Waals surface area contributed by atoms with Crippen LogP contribution in [0.4, 0.5) is 0 Å². The Kier molecular flexibility index (Phi) is 3.92. The highest BCUT2D eigenvalue weighted by Gasteiger charge is 2.19. The highest BCUT2D eigenvalue weighted by Crippen LogP contribution is 2.46. The van der Waals surface area contributed by atoms with E-state index in [-0.39, 0.29) is 24.2 Å². The van der Waals surface area contributed by atoms with Gasteiger partial charge in [-0.1, -0.05) is 121 Å². The molecule has 9 aromatic rings. The monoisotopic (exact) mass is 524 g/mol. The minimum Gasteiger partial charge on any atom is -0.456 e. The third-order valence-corrected chi connectivity index (χ3v) is 8.35. The fourth-order valence-corrected chi connectivity index (χ4v) is 6.56. The molecule has 0 aliphatic rings. The Bertz CT molecular complexity index is 2640. The van der Waals surface area contributed by atoms with Crippen LogP contribution in [0.3, 0.4) is 0 Å². The maximum absolute atomic E-state index is 8.54. The lowest BCUT2D eigenvalue weighted by Crippen LogP contribution is -1.91. The van der Waals surface area contributed by atoms with Crippen molar-refractivity contribution in [1.29, 1.82) is 0 Å². The summed E-state index contributed by atoms with van der Waals surface area (Å²) in [5, 5.41) is 9.78. The lowest BCUT2D eigenvalue weighted by molar-refractivity contribution is 0.669. The summed E-state index contributed by atoms with van der Waals surface area (Å²) in [6.45, 7) is 0. The lowest BCUT2D eigenvalue weighted by atomic mass is 9.84. The number of furan rings is 1. The second-order valence-electron chi connectivity index (χ2n) is 10.6. The first kappa shape index (κ1) is 18.8. The summed E-state index contributed by atoms with van der Waals surface area (Å²) in [6.07, 6.45) is 0. The normalized spacial score (nSPS) is 13.3. The van der Waals surface area contributed by atoms with Crippen LogP contribution in [0.25, 0.3) is 87.3 Å². The zero-order chi connectivity index (χ0) is 30.4. The Morgan fingerprint density at radius 3 is 1.73 bits per heavy atom. The average Bonchev–Trinajstić information content (AvgIpc) is 3.44. The van der Waals surface area contributed by atoms with Crippen LogP contribution in [0.5, 0.6) is 0 Å². The molecule has 1 nitrogen and oxygen atoms in total. The molecule has 0 spiro atoms. The fraction of sp³-hybridized carbons (Fsp3) is 0. The van der Waals surface area contributed by atoms with Crippen molar-refractivity contribution in [2.24, 2.45) is 0 Å². The molecule has 41 heavy (non-hydrogen) atoms. The number of benzene rings is 8. The lowest BCUT2D eigenvalue weighted by Gasteiger charge is -2.18. The smallest absolute Gasteiger partial charge is 0.136 e. The molecule has 1 aromatic heterocycles. The van der Waals surface area contributed by atoms with Gasteiger partial charge in [-0.15, -0.1) is 0 Å². The second kappa shape index (κ2) is 8.55. The van der Waals surface area contributed by atoms with Gasteiger partial charge in [0.05, 0.1) is 5.48 Å². The van der Waals surface area contributed by atoms with Gasteiger partial charge in [-0.25, -0.2) is 0 Å². The Labute approximate surface area is 242 Å². The van der Waals surface area contributed by atoms with Crippen molar-refractivity contribution >= 4 is 65.0 Å². The molecular weight excluding hydrogens is 496 g/mol. The van der Waals surface area contributed by atoms with Crippen molar-refractivity contribution < 1.29 is 9.90 Å². The van der Waals surface area contributed by atoms with Crippen LogP contribution in [0.15, 0.2) is 150 Å². The standard InChI is InChI=1S/C40H24O/c1-2-12-27-24-38-36(22-26(27)11-1)35-23-28(20-21-37(35)41-38)39-31-15-5-7-17-33(31)40(34-18-8-6-16-32(34)39)30-19-9-13-25-10-3-4-14-29(25)30/h1-24H/i1D,2D,11D,12D. The molecule has 0 unspecified atom stereocenters. The molecule has 0 saturated heterocycles. The molecule has 0 bridgehead atoms. The Hall–Kier alpha value is -5.40. The Morgan fingerprint density at radius 1 is 0.415 bits per heavy atom. The van der Waals surface area contributed by atoms with E-state index in [2.05, 4.69) is 103 Å². The molecule has 0 fully saturated rings. The van der Waals surface area contributed by atoms with Gasteiger partial charge in [-0.05, 0) is 89.6 Å². The molecule has 9 rings (SSSR count). The summed E-state index contributed by atoms with van der Waals surface area (Å²) >= 11 is 0. The average molecular weight is 525 g/mol. The first-order valence-electron chi connectivity index (χ1n) is 15.8. The molecule has 0 aliphatic heterocycles. The van der Waals surface area contributed by atoms with Crippen molar-refractivity contribution in [2.45, 2.75) is 0 Å². The number of hydrogen-bond donors (Lipinski definition) is 0. The van der Waals surface area contributed by atoms with Gasteiger partial charge in [0, 0.05) is 10.8 Å². The number of hydrogen-bond acceptors (Lipinski definition) is 1. The van der Waals surface area contributed by atoms with Crippen LogP contribution in [-0.2, 0) is 0 Å². The van der Waals surface area contributed by atoms with E-state index in [4.69, 9.17) is 9.90 Å². The molecule has 0 radical (unpaired) electrons. The minimum atomic E-state index is -0.240. The third-order valence-electron chi connectivity index (χ3n) is 8.35. The third kappa shape index (κ3) is 3.30. The molecule has 0 amide bonds. The minimum absolute atomic E-state index is 0.0422. The van der Waals surface area contributed by atoms with Crippen LogP contribution in [-0.4, -0.2) is 0 Å². The van der Waals surface area contributed by atoms with Gasteiger partial charge in [-0.3, -0.25) is 0 Å². The van der Waals surface area contributed by atoms with E-state index >= 15 is 0 Å². The van der Waals surface area contributed by atoms with Gasteiger partial charge in [0.25, 0.3) is 0 Å². The van der Waals surface area contributed by atoms with Gasteiger partial charge < -0.3 is 4.42 Å². The summed E-state index contributed by atoms with van der Waals surface area (Å²) in [4.78, 5) is 0. The van der Waals surface area contributed by atoms with Crippen LogP contribution >= 0.6 is 0 Å². The van der Waals surface area contributed by atoms with E-state index in [0.717, 1.165) is 32.7 Å². The summed E-state index contributed by atoms with van der Waals surface area (Å²) < 4.78 is 39.6. The van der Waals surface area contributed by atoms with E-state index in [1.807, 2.05) is 12.1 Å². The molecule has 1 heterocycles. The SMILES string of the molecule is [2H]c1c([2H])c([2H])c2cc3c(cc2c1[2H])oc1ccc(-c2c4ccccc4c(-c4cccc5ccccc45)c4ccccc24)cc13. The predicted molar refractivity (Wildman–Crippen MR) is 175 cm³/mol. The van der Waals surface area contributed by atoms with Crippen molar-refractivity contribution in [1.82, 2.24) is 0 Å². The van der Waals surface area contributed by atoms with Crippen molar-refractivity contribution in [3.63, 3.8) is 0 Å². The first-order valence-corrected chi connectivity index (χ1v) is 13.8. The Balaban J connectivity index is 1.37. The van der Waals surface area contributed by atoms with Gasteiger partial charge in [-0.2, -0.15) is 0 Å². The summed E-state index contributed by atoms with van der Waals surface area (Å²) in [5.41, 5.74) is 5.93. The molecule has 0 aliphatic carbocycles. The van der Waals surface area contributed by atoms with E-state index in [9.17, 15) is 0 Å². The summed E-state index contributed by atoms with van der Waals surface area (Å²) in [7, 11) is 0. The van der Waals surface area contributed by atoms with Crippen LogP contribution in [0.2, 0.25) is 0 Å². The summed E-state index contributed by atoms with van der Waals surface area (Å²) in [5.74, 6) is 0. The number of fused-ring (bicyclic) bond motifs is 7. The molecule has 190 valence electrons. The highest BCUT2D eigenvalue weighted by molar-refractivity contribution is 6.24. The van der Waals surface area contributed by atoms with Gasteiger partial charge >= 0.3 is 0 Å². The molecule has 0 N–H and O–H groups in total. The van der Waals surface area contributed by atoms with Gasteiger partial charge in [0.2, 0.25) is 0 Å². The molecule has 8 aromatic carbocycles. The molecular formula is C40H24O. The van der Waals surface area contributed by atoms with Crippen LogP contribution < -0.4 is 0 Å². The largest absolute Gasteiger partial charge is 0.456 e. The van der Waals surface area contributed by atoms with E-state index in [1.54, 1.807) is 6.07 Å². The Morgan fingerprint density at radius 2 is 1.00 bits per heavy atom. The maximum atomic E-state index is 8.54. The summed E-state index contributed by atoms with van der Waals surface area (Å²) in [6, 6.07) is 41.6. The molecule has 0 saturated carbocycles. The van der Waals surface area contributed by atoms with Crippen LogP contribution in [0, 0.1) is 0 Å². The van der Waals surface area contributed by atoms with E-state index in [1.165, 1.54) is 32.7 Å². The van der Waals surface area contributed by atoms with Crippen molar-refractivity contribution in [3.8, 4) is 22.3 Å². The van der Waals surface area contributed by atoms with Gasteiger partial charge in [0.1, 0.15) is 11.2 Å². The maximum Gasteiger partial charge on any atom is 0.136 e. The topological polar surface area (TPSA) is 13.1 Å². The number of rotatable bonds is 2. The molecule has 0 atom stereocenters. The first-order chi connectivity index (χ1) is 22.0. The fourth-order valence-electron chi connectivity index (χ4n) is 6.56. The van der Waals surface area contributed by atoms with Crippen molar-refractivity contribution in [2.75, 3.05) is 0 Å². The van der Waals surface area contributed by atoms with E-state index in [0.29, 0.717) is 21.9 Å². The zero-order valence-electron chi connectivity index (χ0n) is 26.0.